The van der Waals surface area contributed by atoms with E-state index in [1.54, 1.807) is 0 Å². The molecule has 0 atom stereocenters. The van der Waals surface area contributed by atoms with E-state index < -0.39 is 0 Å². The average molecular weight is 269 g/mol. The van der Waals surface area contributed by atoms with Crippen molar-refractivity contribution in [3.8, 4) is 0 Å². The summed E-state index contributed by atoms with van der Waals surface area (Å²) in [6, 6.07) is 0.747. The molecule has 1 heterocycles. The molecule has 5 nitrogen and oxygen atoms in total. The molecule has 6 heteroatoms. The van der Waals surface area contributed by atoms with E-state index in [2.05, 4.69) is 27.1 Å². The predicted molar refractivity (Wildman–Crippen MR) is 71.2 cm³/mol. The number of halogens is 1. The first kappa shape index (κ1) is 13.2. The van der Waals surface area contributed by atoms with Gasteiger partial charge in [0.25, 0.3) is 0 Å². The van der Waals surface area contributed by atoms with Gasteiger partial charge >= 0.3 is 0 Å². The van der Waals surface area contributed by atoms with E-state index in [4.69, 9.17) is 11.6 Å². The van der Waals surface area contributed by atoms with Gasteiger partial charge in [-0.25, -0.2) is 9.97 Å². The van der Waals surface area contributed by atoms with Gasteiger partial charge in [-0.2, -0.15) is 0 Å². The van der Waals surface area contributed by atoms with Crippen LogP contribution in [-0.4, -0.2) is 46.8 Å². The van der Waals surface area contributed by atoms with Gasteiger partial charge in [0.05, 0.1) is 5.56 Å². The molecule has 1 saturated carbocycles. The van der Waals surface area contributed by atoms with Crippen molar-refractivity contribution in [1.29, 1.82) is 0 Å². The minimum Gasteiger partial charge on any atom is -0.368 e. The molecule has 1 N–H and O–H groups in total. The Bertz CT molecular complexity index is 423. The van der Waals surface area contributed by atoms with Crippen molar-refractivity contribution >= 4 is 23.7 Å². The van der Waals surface area contributed by atoms with Crippen LogP contribution in [0, 0.1) is 0 Å². The summed E-state index contributed by atoms with van der Waals surface area (Å²) in [6.07, 6.45) is 4.64. The van der Waals surface area contributed by atoms with Crippen LogP contribution in [-0.2, 0) is 0 Å². The van der Waals surface area contributed by atoms with E-state index in [1.807, 2.05) is 0 Å². The van der Waals surface area contributed by atoms with Crippen LogP contribution in [0.1, 0.15) is 30.1 Å². The third-order valence-electron chi connectivity index (χ3n) is 3.11. The molecule has 0 spiro atoms. The summed E-state index contributed by atoms with van der Waals surface area (Å²) in [5.74, 6) is 0.511. The molecule has 0 unspecified atom stereocenters. The van der Waals surface area contributed by atoms with Crippen LogP contribution >= 0.6 is 11.6 Å². The highest BCUT2D eigenvalue weighted by atomic mass is 35.5. The van der Waals surface area contributed by atoms with E-state index in [1.165, 1.54) is 19.2 Å². The van der Waals surface area contributed by atoms with Gasteiger partial charge in [0, 0.05) is 19.1 Å². The largest absolute Gasteiger partial charge is 0.368 e. The number of carbonyl (C=O) groups excluding carboxylic acids is 1. The summed E-state index contributed by atoms with van der Waals surface area (Å²) >= 11 is 5.83. The quantitative estimate of drug-likeness (QED) is 0.604. The Morgan fingerprint density at radius 2 is 2.33 bits per heavy atom. The highest BCUT2D eigenvalue weighted by molar-refractivity contribution is 6.32. The van der Waals surface area contributed by atoms with Crippen molar-refractivity contribution in [1.82, 2.24) is 14.9 Å². The number of aldehydes is 1. The fourth-order valence-electron chi connectivity index (χ4n) is 1.98. The zero-order valence-electron chi connectivity index (χ0n) is 10.4. The topological polar surface area (TPSA) is 58.1 Å². The van der Waals surface area contributed by atoms with Crippen LogP contribution in [0.4, 0.5) is 5.82 Å². The van der Waals surface area contributed by atoms with E-state index in [9.17, 15) is 4.79 Å². The first-order valence-corrected chi connectivity index (χ1v) is 6.57. The van der Waals surface area contributed by atoms with E-state index in [0.29, 0.717) is 17.7 Å². The summed E-state index contributed by atoms with van der Waals surface area (Å²) in [5.41, 5.74) is 0.327. The summed E-state index contributed by atoms with van der Waals surface area (Å²) in [5, 5.41) is 3.34. The molecule has 2 rings (SSSR count). The van der Waals surface area contributed by atoms with E-state index in [0.717, 1.165) is 25.7 Å². The van der Waals surface area contributed by atoms with Gasteiger partial charge < -0.3 is 5.32 Å². The number of likely N-dealkylation sites (N-methyl/N-ethyl adjacent to an activating group) is 1. The molecule has 0 bridgehead atoms. The minimum absolute atomic E-state index is 0.192. The van der Waals surface area contributed by atoms with Crippen molar-refractivity contribution in [3.63, 3.8) is 0 Å². The van der Waals surface area contributed by atoms with Crippen molar-refractivity contribution in [2.45, 2.75) is 25.8 Å². The fraction of sp³-hybridized carbons (Fsp3) is 0.583. The Balaban J connectivity index is 1.89. The Hall–Kier alpha value is -1.20. The molecule has 1 fully saturated rings. The van der Waals surface area contributed by atoms with Crippen molar-refractivity contribution in [2.75, 3.05) is 25.0 Å². The van der Waals surface area contributed by atoms with Crippen LogP contribution in [0.15, 0.2) is 6.33 Å². The van der Waals surface area contributed by atoms with Crippen LogP contribution in [0.5, 0.6) is 0 Å². The number of hydrogen-bond acceptors (Lipinski definition) is 5. The normalized spacial score (nSPS) is 14.8. The lowest BCUT2D eigenvalue weighted by atomic mass is 10.3. The van der Waals surface area contributed by atoms with Gasteiger partial charge in [0.1, 0.15) is 17.3 Å². The first-order chi connectivity index (χ1) is 8.76. The fourth-order valence-corrected chi connectivity index (χ4v) is 2.15. The highest BCUT2D eigenvalue weighted by Gasteiger charge is 2.27. The average Bonchev–Trinajstić information content (AvgIpc) is 3.19. The summed E-state index contributed by atoms with van der Waals surface area (Å²) < 4.78 is 0. The first-order valence-electron chi connectivity index (χ1n) is 6.19. The molecule has 18 heavy (non-hydrogen) atoms. The summed E-state index contributed by atoms with van der Waals surface area (Å²) in [4.78, 5) is 21.1. The zero-order chi connectivity index (χ0) is 13.0. The molecule has 1 aromatic heterocycles. The lowest BCUT2D eigenvalue weighted by molar-refractivity contribution is 0.112. The summed E-state index contributed by atoms with van der Waals surface area (Å²) in [6.45, 7) is 4.91. The number of hydrogen-bond donors (Lipinski definition) is 1. The van der Waals surface area contributed by atoms with Crippen molar-refractivity contribution < 1.29 is 4.79 Å². The van der Waals surface area contributed by atoms with Crippen molar-refractivity contribution in [3.05, 3.63) is 17.0 Å². The van der Waals surface area contributed by atoms with Crippen LogP contribution in [0.2, 0.25) is 5.15 Å². The molecule has 1 aromatic rings. The van der Waals surface area contributed by atoms with Gasteiger partial charge in [-0.3, -0.25) is 9.69 Å². The highest BCUT2D eigenvalue weighted by Crippen LogP contribution is 2.26. The Morgan fingerprint density at radius 3 is 2.94 bits per heavy atom. The molecule has 0 aliphatic heterocycles. The second-order valence-electron chi connectivity index (χ2n) is 4.33. The van der Waals surface area contributed by atoms with Gasteiger partial charge in [-0.1, -0.05) is 18.5 Å². The third-order valence-corrected chi connectivity index (χ3v) is 3.42. The SMILES string of the molecule is CCN(CCNc1ncnc(Cl)c1C=O)C1CC1. The molecule has 1 aliphatic rings. The van der Waals surface area contributed by atoms with Crippen LogP contribution in [0.25, 0.3) is 0 Å². The molecular formula is C12H17ClN4O. The molecule has 0 saturated heterocycles. The lowest BCUT2D eigenvalue weighted by Crippen LogP contribution is -2.31. The maximum absolute atomic E-state index is 10.9. The Kier molecular flexibility index (Phi) is 4.49. The van der Waals surface area contributed by atoms with Gasteiger partial charge in [-0.15, -0.1) is 0 Å². The summed E-state index contributed by atoms with van der Waals surface area (Å²) in [7, 11) is 0. The number of aromatic nitrogens is 2. The lowest BCUT2D eigenvalue weighted by Gasteiger charge is -2.20. The molecule has 98 valence electrons. The number of rotatable bonds is 7. The molecule has 0 radical (unpaired) electrons. The number of nitrogens with zero attached hydrogens (tertiary/aromatic N) is 3. The zero-order valence-corrected chi connectivity index (χ0v) is 11.2. The molecule has 1 aliphatic carbocycles. The Labute approximate surface area is 112 Å². The maximum atomic E-state index is 10.9. The smallest absolute Gasteiger partial charge is 0.156 e. The molecule has 0 amide bonds. The monoisotopic (exact) mass is 268 g/mol. The number of nitrogens with one attached hydrogen (secondary N) is 1. The minimum atomic E-state index is 0.192. The molecule has 0 aromatic carbocycles. The van der Waals surface area contributed by atoms with Crippen LogP contribution < -0.4 is 5.32 Å². The van der Waals surface area contributed by atoms with Crippen LogP contribution in [0.3, 0.4) is 0 Å². The van der Waals surface area contributed by atoms with E-state index >= 15 is 0 Å². The Morgan fingerprint density at radius 1 is 1.56 bits per heavy atom. The van der Waals surface area contributed by atoms with E-state index in [-0.39, 0.29) is 5.15 Å². The second kappa shape index (κ2) is 6.11. The van der Waals surface area contributed by atoms with Crippen molar-refractivity contribution in [2.24, 2.45) is 0 Å². The third kappa shape index (κ3) is 3.17. The second-order valence-corrected chi connectivity index (χ2v) is 4.69. The molecular weight excluding hydrogens is 252 g/mol. The van der Waals surface area contributed by atoms with Gasteiger partial charge in [0.15, 0.2) is 6.29 Å². The maximum Gasteiger partial charge on any atom is 0.156 e. The standard InChI is InChI=1S/C12H17ClN4O/c1-2-17(9-3-4-9)6-5-14-12-10(7-18)11(13)15-8-16-12/h7-9H,2-6H2,1H3,(H,14,15,16). The van der Waals surface area contributed by atoms with Gasteiger partial charge in [0.2, 0.25) is 0 Å². The van der Waals surface area contributed by atoms with Gasteiger partial charge in [-0.05, 0) is 19.4 Å². The number of carbonyl (C=O) groups is 1. The predicted octanol–water partition coefficient (Wildman–Crippen LogP) is 1.84. The number of anilines is 1.